The van der Waals surface area contributed by atoms with E-state index in [0.29, 0.717) is 13.0 Å². The molecule has 2 rings (SSSR count). The van der Waals surface area contributed by atoms with E-state index in [1.165, 1.54) is 0 Å². The van der Waals surface area contributed by atoms with Gasteiger partial charge in [-0.15, -0.1) is 0 Å². The molecule has 0 aliphatic carbocycles. The van der Waals surface area contributed by atoms with Crippen LogP contribution in [0, 0.1) is 0 Å². The van der Waals surface area contributed by atoms with Gasteiger partial charge in [-0.3, -0.25) is 4.79 Å². The lowest BCUT2D eigenvalue weighted by Gasteiger charge is -2.30. The minimum absolute atomic E-state index is 0.0137. The highest BCUT2D eigenvalue weighted by molar-refractivity contribution is 5.81. The molecule has 1 amide bonds. The van der Waals surface area contributed by atoms with E-state index in [1.807, 2.05) is 30.3 Å². The second-order valence-electron chi connectivity index (χ2n) is 4.89. The Bertz CT molecular complexity index is 401. The van der Waals surface area contributed by atoms with Crippen molar-refractivity contribution in [2.24, 2.45) is 0 Å². The fourth-order valence-electron chi connectivity index (χ4n) is 2.53. The summed E-state index contributed by atoms with van der Waals surface area (Å²) >= 11 is 0. The molecule has 2 unspecified atom stereocenters. The van der Waals surface area contributed by atoms with Crippen LogP contribution < -0.4 is 0 Å². The summed E-state index contributed by atoms with van der Waals surface area (Å²) in [6.45, 7) is 0.725. The fraction of sp³-hybridized carbons (Fsp3) is 0.533. The van der Waals surface area contributed by atoms with Crippen LogP contribution in [0.2, 0.25) is 0 Å². The summed E-state index contributed by atoms with van der Waals surface area (Å²) in [5, 5.41) is 9.22. The van der Waals surface area contributed by atoms with E-state index in [9.17, 15) is 9.90 Å². The SMILES string of the molecule is CN(C(=O)C1CCCO1)C(CCO)c1ccccc1. The first-order valence-electron chi connectivity index (χ1n) is 6.78. The summed E-state index contributed by atoms with van der Waals surface area (Å²) in [5.41, 5.74) is 1.05. The number of amides is 1. The summed E-state index contributed by atoms with van der Waals surface area (Å²) in [6, 6.07) is 9.72. The topological polar surface area (TPSA) is 49.8 Å². The number of aliphatic hydroxyl groups is 1. The standard InChI is InChI=1S/C15H21NO3/c1-16(15(18)14-8-5-11-19-14)13(9-10-17)12-6-3-2-4-7-12/h2-4,6-7,13-14,17H,5,8-11H2,1H3. The number of rotatable bonds is 5. The maximum atomic E-state index is 12.4. The molecule has 4 heteroatoms. The number of likely N-dealkylation sites (N-methyl/N-ethyl adjacent to an activating group) is 1. The highest BCUT2D eigenvalue weighted by Gasteiger charge is 2.30. The first-order chi connectivity index (χ1) is 9.24. The van der Waals surface area contributed by atoms with Crippen molar-refractivity contribution < 1.29 is 14.6 Å². The van der Waals surface area contributed by atoms with E-state index in [1.54, 1.807) is 11.9 Å². The molecule has 2 atom stereocenters. The Hall–Kier alpha value is -1.39. The van der Waals surface area contributed by atoms with Gasteiger partial charge < -0.3 is 14.7 Å². The highest BCUT2D eigenvalue weighted by atomic mass is 16.5. The van der Waals surface area contributed by atoms with E-state index >= 15 is 0 Å². The number of carbonyl (C=O) groups is 1. The van der Waals surface area contributed by atoms with Gasteiger partial charge in [-0.2, -0.15) is 0 Å². The molecular weight excluding hydrogens is 242 g/mol. The van der Waals surface area contributed by atoms with Gasteiger partial charge in [-0.25, -0.2) is 0 Å². The summed E-state index contributed by atoms with van der Waals surface area (Å²) in [4.78, 5) is 14.1. The van der Waals surface area contributed by atoms with Gasteiger partial charge in [0.05, 0.1) is 6.04 Å². The van der Waals surface area contributed by atoms with Gasteiger partial charge in [0, 0.05) is 20.3 Å². The maximum absolute atomic E-state index is 12.4. The average Bonchev–Trinajstić information content (AvgIpc) is 2.98. The van der Waals surface area contributed by atoms with Crippen molar-refractivity contribution >= 4 is 5.91 Å². The Morgan fingerprint density at radius 2 is 2.21 bits per heavy atom. The highest BCUT2D eigenvalue weighted by Crippen LogP contribution is 2.25. The molecule has 19 heavy (non-hydrogen) atoms. The first-order valence-corrected chi connectivity index (χ1v) is 6.78. The molecule has 1 N–H and O–H groups in total. The van der Waals surface area contributed by atoms with Crippen molar-refractivity contribution in [2.75, 3.05) is 20.3 Å². The predicted octanol–water partition coefficient (Wildman–Crippen LogP) is 1.75. The molecule has 1 aliphatic rings. The zero-order valence-corrected chi connectivity index (χ0v) is 11.3. The number of aliphatic hydroxyl groups excluding tert-OH is 1. The van der Waals surface area contributed by atoms with Crippen LogP contribution in [0.25, 0.3) is 0 Å². The molecule has 0 aromatic heterocycles. The lowest BCUT2D eigenvalue weighted by molar-refractivity contribution is -0.142. The largest absolute Gasteiger partial charge is 0.396 e. The van der Waals surface area contributed by atoms with Crippen molar-refractivity contribution in [1.82, 2.24) is 4.90 Å². The van der Waals surface area contributed by atoms with Crippen LogP contribution in [0.5, 0.6) is 0 Å². The third kappa shape index (κ3) is 3.33. The third-order valence-corrected chi connectivity index (χ3v) is 3.61. The lowest BCUT2D eigenvalue weighted by Crippen LogP contribution is -2.39. The van der Waals surface area contributed by atoms with E-state index in [-0.39, 0.29) is 24.7 Å². The van der Waals surface area contributed by atoms with Crippen molar-refractivity contribution in [3.8, 4) is 0 Å². The Morgan fingerprint density at radius 3 is 2.79 bits per heavy atom. The third-order valence-electron chi connectivity index (χ3n) is 3.61. The average molecular weight is 263 g/mol. The molecular formula is C15H21NO3. The number of nitrogens with zero attached hydrogens (tertiary/aromatic N) is 1. The first kappa shape index (κ1) is 14.0. The second-order valence-corrected chi connectivity index (χ2v) is 4.89. The number of ether oxygens (including phenoxy) is 1. The Balaban J connectivity index is 2.11. The maximum Gasteiger partial charge on any atom is 0.251 e. The molecule has 0 spiro atoms. The van der Waals surface area contributed by atoms with Crippen LogP contribution >= 0.6 is 0 Å². The van der Waals surface area contributed by atoms with Gasteiger partial charge in [-0.05, 0) is 24.8 Å². The molecule has 104 valence electrons. The molecule has 0 radical (unpaired) electrons. The zero-order valence-electron chi connectivity index (χ0n) is 11.3. The predicted molar refractivity (Wildman–Crippen MR) is 72.6 cm³/mol. The quantitative estimate of drug-likeness (QED) is 0.880. The molecule has 1 aliphatic heterocycles. The minimum Gasteiger partial charge on any atom is -0.396 e. The zero-order chi connectivity index (χ0) is 13.7. The minimum atomic E-state index is -0.310. The smallest absolute Gasteiger partial charge is 0.251 e. The molecule has 1 heterocycles. The van der Waals surface area contributed by atoms with Gasteiger partial charge in [0.15, 0.2) is 0 Å². The van der Waals surface area contributed by atoms with Crippen LogP contribution in [0.4, 0.5) is 0 Å². The number of hydrogen-bond acceptors (Lipinski definition) is 3. The van der Waals surface area contributed by atoms with Gasteiger partial charge in [0.2, 0.25) is 0 Å². The summed E-state index contributed by atoms with van der Waals surface area (Å²) in [6.07, 6.45) is 1.97. The van der Waals surface area contributed by atoms with Crippen molar-refractivity contribution in [3.63, 3.8) is 0 Å². The van der Waals surface area contributed by atoms with Crippen molar-refractivity contribution in [1.29, 1.82) is 0 Å². The van der Waals surface area contributed by atoms with Crippen LogP contribution in [0.3, 0.4) is 0 Å². The van der Waals surface area contributed by atoms with E-state index < -0.39 is 0 Å². The van der Waals surface area contributed by atoms with E-state index in [0.717, 1.165) is 18.4 Å². The number of hydrogen-bond donors (Lipinski definition) is 1. The Morgan fingerprint density at radius 1 is 1.47 bits per heavy atom. The monoisotopic (exact) mass is 263 g/mol. The number of carbonyl (C=O) groups excluding carboxylic acids is 1. The Labute approximate surface area is 114 Å². The van der Waals surface area contributed by atoms with Gasteiger partial charge in [0.25, 0.3) is 5.91 Å². The van der Waals surface area contributed by atoms with Crippen molar-refractivity contribution in [3.05, 3.63) is 35.9 Å². The summed E-state index contributed by atoms with van der Waals surface area (Å²) < 4.78 is 5.45. The summed E-state index contributed by atoms with van der Waals surface area (Å²) in [5.74, 6) is 0.0137. The molecule has 1 aromatic rings. The normalized spacial score (nSPS) is 20.2. The van der Waals surface area contributed by atoms with Crippen LogP contribution in [0.15, 0.2) is 30.3 Å². The van der Waals surface area contributed by atoms with Gasteiger partial charge >= 0.3 is 0 Å². The van der Waals surface area contributed by atoms with Gasteiger partial charge in [0.1, 0.15) is 6.10 Å². The Kier molecular flexibility index (Phi) is 4.93. The van der Waals surface area contributed by atoms with Crippen LogP contribution in [0.1, 0.15) is 30.9 Å². The van der Waals surface area contributed by atoms with Crippen LogP contribution in [-0.4, -0.2) is 42.3 Å². The van der Waals surface area contributed by atoms with Gasteiger partial charge in [-0.1, -0.05) is 30.3 Å². The molecule has 0 saturated carbocycles. The van der Waals surface area contributed by atoms with Crippen molar-refractivity contribution in [2.45, 2.75) is 31.4 Å². The fourth-order valence-corrected chi connectivity index (χ4v) is 2.53. The van der Waals surface area contributed by atoms with E-state index in [4.69, 9.17) is 4.74 Å². The molecule has 1 aromatic carbocycles. The summed E-state index contributed by atoms with van der Waals surface area (Å²) in [7, 11) is 1.79. The molecule has 1 saturated heterocycles. The van der Waals surface area contributed by atoms with Crippen LogP contribution in [-0.2, 0) is 9.53 Å². The molecule has 0 bridgehead atoms. The number of benzene rings is 1. The van der Waals surface area contributed by atoms with E-state index in [2.05, 4.69) is 0 Å². The second kappa shape index (κ2) is 6.68. The molecule has 4 nitrogen and oxygen atoms in total. The lowest BCUT2D eigenvalue weighted by atomic mass is 10.0. The molecule has 1 fully saturated rings.